The van der Waals surface area contributed by atoms with Crippen molar-refractivity contribution in [2.24, 2.45) is 0 Å². The fourth-order valence-electron chi connectivity index (χ4n) is 7.59. The molecule has 0 bridgehead atoms. The summed E-state index contributed by atoms with van der Waals surface area (Å²) in [4.78, 5) is 14.8. The van der Waals surface area contributed by atoms with Gasteiger partial charge in [-0.3, -0.25) is 4.90 Å². The minimum atomic E-state index is -0.0613. The lowest BCUT2D eigenvalue weighted by atomic mass is 9.70. The van der Waals surface area contributed by atoms with Crippen LogP contribution in [0.2, 0.25) is 0 Å². The van der Waals surface area contributed by atoms with E-state index in [-0.39, 0.29) is 5.41 Å². The number of para-hydroxylation sites is 1. The van der Waals surface area contributed by atoms with Gasteiger partial charge >= 0.3 is 0 Å². The summed E-state index contributed by atoms with van der Waals surface area (Å²) in [6.07, 6.45) is 9.54. The molecule has 0 spiro atoms. The van der Waals surface area contributed by atoms with Gasteiger partial charge in [-0.1, -0.05) is 92.7 Å². The molecular weight excluding hydrogens is 524 g/mol. The van der Waals surface area contributed by atoms with Crippen molar-refractivity contribution in [3.63, 3.8) is 0 Å². The predicted octanol–water partition coefficient (Wildman–Crippen LogP) is 9.99. The molecule has 0 saturated heterocycles. The maximum atomic E-state index is 5.00. The molecule has 1 unspecified atom stereocenters. The Labute approximate surface area is 251 Å². The first kappa shape index (κ1) is 24.4. The van der Waals surface area contributed by atoms with Crippen LogP contribution in [0.3, 0.4) is 0 Å². The lowest BCUT2D eigenvalue weighted by Crippen LogP contribution is -2.33. The standard InChI is InChI=1S/C39H30N4/c1-39(2)32-15-7-8-17-35(32)43-34-19-18-27(24-31(34)30-14-9-16-33(39)36(30)43)42(37-28-12-5-3-10-25(28)20-22-40-37)38-29-13-6-4-11-26(29)21-23-41-38/h3-13,15-24,30H,14H2,1-2H3. The predicted molar refractivity (Wildman–Crippen MR) is 177 cm³/mol. The molecule has 4 aromatic carbocycles. The molecule has 1 atom stereocenters. The van der Waals surface area contributed by atoms with Crippen LogP contribution in [0.15, 0.2) is 139 Å². The summed E-state index contributed by atoms with van der Waals surface area (Å²) in [5.74, 6) is 2.06. The van der Waals surface area contributed by atoms with Gasteiger partial charge in [0.05, 0.1) is 0 Å². The van der Waals surface area contributed by atoms with E-state index < -0.39 is 0 Å². The Morgan fingerprint density at radius 1 is 0.721 bits per heavy atom. The Morgan fingerprint density at radius 3 is 2.09 bits per heavy atom. The van der Waals surface area contributed by atoms with E-state index in [1.807, 2.05) is 12.4 Å². The molecule has 206 valence electrons. The smallest absolute Gasteiger partial charge is 0.146 e. The summed E-state index contributed by atoms with van der Waals surface area (Å²) in [6, 6.07) is 37.0. The number of anilines is 5. The number of nitrogens with zero attached hydrogens (tertiary/aromatic N) is 4. The molecule has 4 heterocycles. The van der Waals surface area contributed by atoms with E-state index in [2.05, 4.69) is 139 Å². The summed E-state index contributed by atoms with van der Waals surface area (Å²) < 4.78 is 0. The van der Waals surface area contributed by atoms with Gasteiger partial charge in [0.2, 0.25) is 0 Å². The maximum absolute atomic E-state index is 5.00. The Balaban J connectivity index is 1.31. The highest BCUT2D eigenvalue weighted by Gasteiger charge is 2.46. The topological polar surface area (TPSA) is 32.3 Å². The molecule has 4 heteroatoms. The number of rotatable bonds is 3. The molecule has 2 aromatic heterocycles. The number of allylic oxidation sites excluding steroid dienone is 4. The molecule has 1 aliphatic carbocycles. The van der Waals surface area contributed by atoms with Crippen molar-refractivity contribution < 1.29 is 0 Å². The van der Waals surface area contributed by atoms with E-state index in [9.17, 15) is 0 Å². The third-order valence-electron chi connectivity index (χ3n) is 9.61. The maximum Gasteiger partial charge on any atom is 0.146 e. The third kappa shape index (κ3) is 3.38. The summed E-state index contributed by atoms with van der Waals surface area (Å²) in [5, 5.41) is 4.50. The van der Waals surface area contributed by atoms with Gasteiger partial charge in [-0.15, -0.1) is 0 Å². The molecule has 0 N–H and O–H groups in total. The van der Waals surface area contributed by atoms with Gasteiger partial charge in [0, 0.05) is 57.3 Å². The van der Waals surface area contributed by atoms with Crippen LogP contribution >= 0.6 is 0 Å². The van der Waals surface area contributed by atoms with Crippen molar-refractivity contribution in [1.82, 2.24) is 9.97 Å². The number of fused-ring (bicyclic) bond motifs is 7. The Kier molecular flexibility index (Phi) is 5.04. The highest BCUT2D eigenvalue weighted by molar-refractivity contribution is 6.02. The largest absolute Gasteiger partial charge is 0.313 e. The fraction of sp³-hybridized carbons (Fsp3) is 0.128. The molecular formula is C39H30N4. The van der Waals surface area contributed by atoms with E-state index in [1.54, 1.807) is 0 Å². The van der Waals surface area contributed by atoms with Crippen LogP contribution in [0, 0.1) is 0 Å². The quantitative estimate of drug-likeness (QED) is 0.218. The minimum Gasteiger partial charge on any atom is -0.313 e. The van der Waals surface area contributed by atoms with Gasteiger partial charge in [0.1, 0.15) is 11.6 Å². The van der Waals surface area contributed by atoms with Crippen molar-refractivity contribution in [3.8, 4) is 0 Å². The molecule has 3 aliphatic rings. The van der Waals surface area contributed by atoms with Crippen molar-refractivity contribution >= 4 is 50.2 Å². The van der Waals surface area contributed by atoms with Crippen molar-refractivity contribution in [1.29, 1.82) is 0 Å². The minimum absolute atomic E-state index is 0.0613. The Bertz CT molecular complexity index is 2080. The van der Waals surface area contributed by atoms with Crippen LogP contribution < -0.4 is 9.80 Å². The van der Waals surface area contributed by atoms with Crippen molar-refractivity contribution in [2.75, 3.05) is 9.80 Å². The average molecular weight is 555 g/mol. The first-order chi connectivity index (χ1) is 21.1. The van der Waals surface area contributed by atoms with Crippen molar-refractivity contribution in [3.05, 3.63) is 150 Å². The zero-order valence-electron chi connectivity index (χ0n) is 24.2. The molecule has 9 rings (SSSR count). The fourth-order valence-corrected chi connectivity index (χ4v) is 7.59. The highest BCUT2D eigenvalue weighted by atomic mass is 15.2. The summed E-state index contributed by atoms with van der Waals surface area (Å²) >= 11 is 0. The van der Waals surface area contributed by atoms with Gasteiger partial charge in [0.15, 0.2) is 0 Å². The van der Waals surface area contributed by atoms with Gasteiger partial charge in [-0.05, 0) is 70.3 Å². The molecule has 6 aromatic rings. The Hall–Kier alpha value is -5.22. The Morgan fingerprint density at radius 2 is 1.37 bits per heavy atom. The molecule has 0 amide bonds. The molecule has 0 fully saturated rings. The second-order valence-corrected chi connectivity index (χ2v) is 12.3. The lowest BCUT2D eigenvalue weighted by Gasteiger charge is -2.42. The number of benzene rings is 4. The molecule has 2 aliphatic heterocycles. The summed E-state index contributed by atoms with van der Waals surface area (Å²) in [5.41, 5.74) is 9.14. The van der Waals surface area contributed by atoms with E-state index in [0.717, 1.165) is 45.3 Å². The van der Waals surface area contributed by atoms with Gasteiger partial charge in [-0.2, -0.15) is 0 Å². The van der Waals surface area contributed by atoms with Crippen LogP contribution in [0.5, 0.6) is 0 Å². The van der Waals surface area contributed by atoms with Gasteiger partial charge in [0.25, 0.3) is 0 Å². The second-order valence-electron chi connectivity index (χ2n) is 12.3. The van der Waals surface area contributed by atoms with E-state index in [0.29, 0.717) is 5.92 Å². The van der Waals surface area contributed by atoms with Crippen LogP contribution in [-0.4, -0.2) is 9.97 Å². The second kappa shape index (κ2) is 8.89. The molecule has 0 saturated carbocycles. The third-order valence-corrected chi connectivity index (χ3v) is 9.61. The summed E-state index contributed by atoms with van der Waals surface area (Å²) in [6.45, 7) is 4.74. The molecule has 43 heavy (non-hydrogen) atoms. The number of hydrogen-bond acceptors (Lipinski definition) is 4. The van der Waals surface area contributed by atoms with Gasteiger partial charge < -0.3 is 4.90 Å². The number of aromatic nitrogens is 2. The van der Waals surface area contributed by atoms with E-state index in [4.69, 9.17) is 9.97 Å². The van der Waals surface area contributed by atoms with Crippen LogP contribution in [0.4, 0.5) is 28.7 Å². The van der Waals surface area contributed by atoms with E-state index >= 15 is 0 Å². The van der Waals surface area contributed by atoms with Crippen LogP contribution in [-0.2, 0) is 5.41 Å². The zero-order chi connectivity index (χ0) is 28.7. The zero-order valence-corrected chi connectivity index (χ0v) is 24.2. The summed E-state index contributed by atoms with van der Waals surface area (Å²) in [7, 11) is 0. The molecule has 0 radical (unpaired) electrons. The van der Waals surface area contributed by atoms with Gasteiger partial charge in [-0.25, -0.2) is 9.97 Å². The molecule has 4 nitrogen and oxygen atoms in total. The number of hydrogen-bond donors (Lipinski definition) is 0. The first-order valence-corrected chi connectivity index (χ1v) is 15.0. The van der Waals surface area contributed by atoms with E-state index in [1.165, 1.54) is 33.8 Å². The normalized spacial score (nSPS) is 17.6. The number of pyridine rings is 2. The highest BCUT2D eigenvalue weighted by Crippen LogP contribution is 2.60. The lowest BCUT2D eigenvalue weighted by molar-refractivity contribution is 0.598. The van der Waals surface area contributed by atoms with Crippen LogP contribution in [0.1, 0.15) is 37.3 Å². The monoisotopic (exact) mass is 554 g/mol. The van der Waals surface area contributed by atoms with Crippen molar-refractivity contribution in [2.45, 2.75) is 31.6 Å². The average Bonchev–Trinajstić information content (AvgIpc) is 3.38. The SMILES string of the molecule is CC1(C)C2=C3C(CC=C2)c2cc(N(c4nccc5ccccc45)c4nccc5ccccc45)ccc2N3c2ccccc21. The van der Waals surface area contributed by atoms with Crippen LogP contribution in [0.25, 0.3) is 21.5 Å². The first-order valence-electron chi connectivity index (χ1n) is 15.0.